The molecule has 1 saturated heterocycles. The Morgan fingerprint density at radius 2 is 2.25 bits per heavy atom. The molecule has 0 unspecified atom stereocenters. The van der Waals surface area contributed by atoms with E-state index >= 15 is 0 Å². The van der Waals surface area contributed by atoms with Crippen LogP contribution < -0.4 is 5.32 Å². The van der Waals surface area contributed by atoms with Gasteiger partial charge in [-0.15, -0.1) is 0 Å². The molecule has 0 aromatic carbocycles. The van der Waals surface area contributed by atoms with Crippen molar-refractivity contribution in [3.05, 3.63) is 0 Å². The van der Waals surface area contributed by atoms with E-state index in [4.69, 9.17) is 0 Å². The monoisotopic (exact) mass is 226 g/mol. The van der Waals surface area contributed by atoms with Gasteiger partial charge in [0.05, 0.1) is 6.10 Å². The lowest BCUT2D eigenvalue weighted by molar-refractivity contribution is -0.127. The zero-order chi connectivity index (χ0) is 11.4. The first kappa shape index (κ1) is 11.9. The topological polar surface area (TPSA) is 52.6 Å². The van der Waals surface area contributed by atoms with E-state index in [1.807, 2.05) is 4.90 Å². The van der Waals surface area contributed by atoms with Gasteiger partial charge in [0.15, 0.2) is 0 Å². The average Bonchev–Trinajstić information content (AvgIpc) is 2.84. The third-order valence-corrected chi connectivity index (χ3v) is 3.66. The van der Waals surface area contributed by atoms with Crippen molar-refractivity contribution in [3.63, 3.8) is 0 Å². The van der Waals surface area contributed by atoms with E-state index in [2.05, 4.69) is 5.32 Å². The molecule has 1 heterocycles. The molecule has 4 heteroatoms. The van der Waals surface area contributed by atoms with Gasteiger partial charge in [-0.2, -0.15) is 0 Å². The number of amides is 1. The summed E-state index contributed by atoms with van der Waals surface area (Å²) in [5.74, 6) is 0.306. The van der Waals surface area contributed by atoms with E-state index in [1.54, 1.807) is 0 Å². The normalized spacial score (nSPS) is 30.3. The number of aliphatic hydroxyl groups excluding tert-OH is 1. The Bertz CT molecular complexity index is 245. The van der Waals surface area contributed by atoms with Crippen molar-refractivity contribution < 1.29 is 9.90 Å². The third-order valence-electron chi connectivity index (χ3n) is 3.66. The van der Waals surface area contributed by atoms with Crippen LogP contribution in [-0.4, -0.2) is 47.7 Å². The standard InChI is InChI=1S/C12H22N2O2/c15-11-5-1-4-10(11)13-7-3-9-14-8-2-6-12(14)16/h10-11,13,15H,1-9H2/t10-,11-/m1/s1. The van der Waals surface area contributed by atoms with E-state index in [9.17, 15) is 9.90 Å². The minimum atomic E-state index is -0.159. The van der Waals surface area contributed by atoms with Crippen molar-refractivity contribution in [2.75, 3.05) is 19.6 Å². The van der Waals surface area contributed by atoms with E-state index < -0.39 is 0 Å². The summed E-state index contributed by atoms with van der Waals surface area (Å²) in [6, 6.07) is 0.286. The molecular formula is C12H22N2O2. The van der Waals surface area contributed by atoms with Gasteiger partial charge in [-0.25, -0.2) is 0 Å². The van der Waals surface area contributed by atoms with Crippen LogP contribution in [0.1, 0.15) is 38.5 Å². The van der Waals surface area contributed by atoms with E-state index in [0.29, 0.717) is 5.91 Å². The Labute approximate surface area is 97.0 Å². The molecule has 2 aliphatic rings. The quantitative estimate of drug-likeness (QED) is 0.671. The third kappa shape index (κ3) is 2.95. The summed E-state index contributed by atoms with van der Waals surface area (Å²) in [7, 11) is 0. The fourth-order valence-electron chi connectivity index (χ4n) is 2.68. The first-order valence-electron chi connectivity index (χ1n) is 6.46. The van der Waals surface area contributed by atoms with Crippen molar-refractivity contribution in [1.82, 2.24) is 10.2 Å². The van der Waals surface area contributed by atoms with Crippen LogP contribution in [0.15, 0.2) is 0 Å². The molecular weight excluding hydrogens is 204 g/mol. The number of hydrogen-bond donors (Lipinski definition) is 2. The summed E-state index contributed by atoms with van der Waals surface area (Å²) in [6.07, 6.45) is 5.74. The lowest BCUT2D eigenvalue weighted by Gasteiger charge is -2.18. The molecule has 1 aliphatic heterocycles. The second-order valence-corrected chi connectivity index (χ2v) is 4.90. The van der Waals surface area contributed by atoms with Crippen LogP contribution in [-0.2, 0) is 4.79 Å². The van der Waals surface area contributed by atoms with Gasteiger partial charge in [-0.05, 0) is 38.6 Å². The van der Waals surface area contributed by atoms with E-state index in [1.165, 1.54) is 0 Å². The fourth-order valence-corrected chi connectivity index (χ4v) is 2.68. The molecule has 2 fully saturated rings. The predicted molar refractivity (Wildman–Crippen MR) is 62.1 cm³/mol. The van der Waals surface area contributed by atoms with Crippen LogP contribution in [0.25, 0.3) is 0 Å². The lowest BCUT2D eigenvalue weighted by Crippen LogP contribution is -2.37. The molecule has 16 heavy (non-hydrogen) atoms. The first-order chi connectivity index (χ1) is 7.77. The summed E-state index contributed by atoms with van der Waals surface area (Å²) < 4.78 is 0. The minimum absolute atomic E-state index is 0.159. The maximum absolute atomic E-state index is 11.3. The summed E-state index contributed by atoms with van der Waals surface area (Å²) in [6.45, 7) is 2.71. The first-order valence-corrected chi connectivity index (χ1v) is 6.46. The number of nitrogens with one attached hydrogen (secondary N) is 1. The molecule has 0 spiro atoms. The minimum Gasteiger partial charge on any atom is -0.392 e. The van der Waals surface area contributed by atoms with Gasteiger partial charge < -0.3 is 15.3 Å². The lowest BCUT2D eigenvalue weighted by atomic mass is 10.2. The predicted octanol–water partition coefficient (Wildman–Crippen LogP) is 0.502. The van der Waals surface area contributed by atoms with Crippen molar-refractivity contribution in [2.24, 2.45) is 0 Å². The second-order valence-electron chi connectivity index (χ2n) is 4.90. The van der Waals surface area contributed by atoms with Crippen molar-refractivity contribution in [1.29, 1.82) is 0 Å². The fraction of sp³-hybridized carbons (Fsp3) is 0.917. The number of aliphatic hydroxyl groups is 1. The number of rotatable bonds is 5. The second kappa shape index (κ2) is 5.64. The molecule has 0 radical (unpaired) electrons. The number of carbonyl (C=O) groups excluding carboxylic acids is 1. The highest BCUT2D eigenvalue weighted by Gasteiger charge is 2.24. The molecule has 0 aromatic heterocycles. The van der Waals surface area contributed by atoms with Crippen LogP contribution in [0.3, 0.4) is 0 Å². The van der Waals surface area contributed by atoms with Gasteiger partial charge >= 0.3 is 0 Å². The highest BCUT2D eigenvalue weighted by atomic mass is 16.3. The maximum atomic E-state index is 11.3. The molecule has 2 atom stereocenters. The van der Waals surface area contributed by atoms with Crippen molar-refractivity contribution in [2.45, 2.75) is 50.7 Å². The maximum Gasteiger partial charge on any atom is 0.222 e. The highest BCUT2D eigenvalue weighted by molar-refractivity contribution is 5.77. The van der Waals surface area contributed by atoms with Gasteiger partial charge in [0.2, 0.25) is 5.91 Å². The Balaban J connectivity index is 1.56. The highest BCUT2D eigenvalue weighted by Crippen LogP contribution is 2.18. The van der Waals surface area contributed by atoms with Crippen LogP contribution in [0.4, 0.5) is 0 Å². The molecule has 4 nitrogen and oxygen atoms in total. The van der Waals surface area contributed by atoms with Crippen LogP contribution in [0.5, 0.6) is 0 Å². The number of carbonyl (C=O) groups is 1. The summed E-state index contributed by atoms with van der Waals surface area (Å²) in [5.41, 5.74) is 0. The zero-order valence-electron chi connectivity index (χ0n) is 9.82. The van der Waals surface area contributed by atoms with Crippen LogP contribution >= 0.6 is 0 Å². The Hall–Kier alpha value is -0.610. The van der Waals surface area contributed by atoms with Gasteiger partial charge in [0.1, 0.15) is 0 Å². The van der Waals surface area contributed by atoms with E-state index in [-0.39, 0.29) is 12.1 Å². The molecule has 1 saturated carbocycles. The van der Waals surface area contributed by atoms with Crippen molar-refractivity contribution in [3.8, 4) is 0 Å². The summed E-state index contributed by atoms with van der Waals surface area (Å²) >= 11 is 0. The van der Waals surface area contributed by atoms with Crippen LogP contribution in [0.2, 0.25) is 0 Å². The molecule has 0 bridgehead atoms. The van der Waals surface area contributed by atoms with Crippen LogP contribution in [0, 0.1) is 0 Å². The number of nitrogens with zero attached hydrogens (tertiary/aromatic N) is 1. The van der Waals surface area contributed by atoms with Gasteiger partial charge in [-0.3, -0.25) is 4.79 Å². The molecule has 1 amide bonds. The van der Waals surface area contributed by atoms with Gasteiger partial charge in [0.25, 0.3) is 0 Å². The molecule has 92 valence electrons. The molecule has 0 aromatic rings. The summed E-state index contributed by atoms with van der Waals surface area (Å²) in [5, 5.41) is 13.0. The Kier molecular flexibility index (Phi) is 4.18. The van der Waals surface area contributed by atoms with Crippen molar-refractivity contribution >= 4 is 5.91 Å². The smallest absolute Gasteiger partial charge is 0.222 e. The largest absolute Gasteiger partial charge is 0.392 e. The molecule has 1 aliphatic carbocycles. The molecule has 2 rings (SSSR count). The molecule has 2 N–H and O–H groups in total. The Morgan fingerprint density at radius 3 is 2.88 bits per heavy atom. The van der Waals surface area contributed by atoms with E-state index in [0.717, 1.165) is 58.2 Å². The number of hydrogen-bond acceptors (Lipinski definition) is 3. The summed E-state index contributed by atoms with van der Waals surface area (Å²) in [4.78, 5) is 13.3. The average molecular weight is 226 g/mol. The van der Waals surface area contributed by atoms with Gasteiger partial charge in [-0.1, -0.05) is 0 Å². The SMILES string of the molecule is O=C1CCCN1CCCN[C@@H]1CCC[C@H]1O. The number of likely N-dealkylation sites (tertiary alicyclic amines) is 1. The van der Waals surface area contributed by atoms with Gasteiger partial charge in [0, 0.05) is 25.6 Å². The Morgan fingerprint density at radius 1 is 1.38 bits per heavy atom. The zero-order valence-corrected chi connectivity index (χ0v) is 9.82.